The first kappa shape index (κ1) is 13.5. The highest BCUT2D eigenvalue weighted by molar-refractivity contribution is 5.83. The fraction of sp³-hybridized carbons (Fsp3) is 0.533. The number of carbonyl (C=O) groups is 1. The third-order valence-electron chi connectivity index (χ3n) is 4.11. The van der Waals surface area contributed by atoms with Crippen LogP contribution < -0.4 is 0 Å². The van der Waals surface area contributed by atoms with E-state index in [0.717, 1.165) is 25.1 Å². The Bertz CT molecular complexity index is 511. The van der Waals surface area contributed by atoms with Crippen molar-refractivity contribution < 1.29 is 14.0 Å². The number of likely N-dealkylation sites (tertiary alicyclic amines) is 1. The second-order valence-corrected chi connectivity index (χ2v) is 6.05. The molecule has 0 aliphatic carbocycles. The number of hydroxylamine groups is 2. The molecule has 1 aromatic rings. The van der Waals surface area contributed by atoms with Gasteiger partial charge in [-0.05, 0) is 31.7 Å². The van der Waals surface area contributed by atoms with Crippen LogP contribution in [0.4, 0.5) is 4.39 Å². The van der Waals surface area contributed by atoms with E-state index in [2.05, 4.69) is 4.90 Å². The lowest BCUT2D eigenvalue weighted by Gasteiger charge is -2.46. The molecule has 2 fully saturated rings. The van der Waals surface area contributed by atoms with Crippen LogP contribution >= 0.6 is 0 Å². The smallest absolute Gasteiger partial charge is 0.255 e. The van der Waals surface area contributed by atoms with Crippen LogP contribution in [0.15, 0.2) is 24.3 Å². The van der Waals surface area contributed by atoms with E-state index in [4.69, 9.17) is 4.84 Å². The van der Waals surface area contributed by atoms with Gasteiger partial charge in [-0.2, -0.15) is 0 Å². The molecule has 0 aromatic heterocycles. The largest absolute Gasteiger partial charge is 0.304 e. The molecule has 3 rings (SSSR count). The van der Waals surface area contributed by atoms with E-state index in [1.165, 1.54) is 17.2 Å². The summed E-state index contributed by atoms with van der Waals surface area (Å²) in [7, 11) is 2.00. The Morgan fingerprint density at radius 2 is 2.00 bits per heavy atom. The maximum absolute atomic E-state index is 13.0. The van der Waals surface area contributed by atoms with E-state index < -0.39 is 0 Å². The molecule has 1 atom stereocenters. The second-order valence-electron chi connectivity index (χ2n) is 6.05. The van der Waals surface area contributed by atoms with Crippen molar-refractivity contribution in [1.82, 2.24) is 9.96 Å². The number of rotatable bonds is 2. The molecule has 1 aromatic carbocycles. The number of nitrogens with zero attached hydrogens (tertiary/aromatic N) is 2. The van der Waals surface area contributed by atoms with Gasteiger partial charge in [-0.1, -0.05) is 12.1 Å². The van der Waals surface area contributed by atoms with Gasteiger partial charge in [0.15, 0.2) is 0 Å². The number of carbonyl (C=O) groups excluding carboxylic acids is 1. The van der Waals surface area contributed by atoms with Crippen LogP contribution in [-0.4, -0.2) is 42.6 Å². The number of hydrogen-bond acceptors (Lipinski definition) is 3. The van der Waals surface area contributed by atoms with Gasteiger partial charge in [0.25, 0.3) is 5.91 Å². The molecule has 2 saturated heterocycles. The molecule has 4 nitrogen and oxygen atoms in total. The molecular formula is C15H19FN2O2. The van der Waals surface area contributed by atoms with Crippen molar-refractivity contribution in [2.75, 3.05) is 26.7 Å². The molecule has 1 amide bonds. The van der Waals surface area contributed by atoms with Crippen molar-refractivity contribution in [3.8, 4) is 0 Å². The van der Waals surface area contributed by atoms with E-state index in [9.17, 15) is 9.18 Å². The Kier molecular flexibility index (Phi) is 3.26. The average molecular weight is 278 g/mol. The second kappa shape index (κ2) is 4.82. The molecule has 108 valence electrons. The fourth-order valence-electron chi connectivity index (χ4n) is 3.20. The predicted octanol–water partition coefficient (Wildman–Crippen LogP) is 1.98. The van der Waals surface area contributed by atoms with Gasteiger partial charge in [0.05, 0.1) is 18.1 Å². The molecule has 0 spiro atoms. The Morgan fingerprint density at radius 1 is 1.35 bits per heavy atom. The van der Waals surface area contributed by atoms with Crippen molar-refractivity contribution in [1.29, 1.82) is 0 Å². The lowest BCUT2D eigenvalue weighted by molar-refractivity contribution is -0.195. The highest BCUT2D eigenvalue weighted by atomic mass is 19.1. The van der Waals surface area contributed by atoms with Gasteiger partial charge in [0.2, 0.25) is 0 Å². The molecule has 0 unspecified atom stereocenters. The number of halogens is 1. The first-order valence-corrected chi connectivity index (χ1v) is 6.90. The molecule has 0 saturated carbocycles. The Hall–Kier alpha value is -1.46. The van der Waals surface area contributed by atoms with E-state index in [0.29, 0.717) is 6.61 Å². The summed E-state index contributed by atoms with van der Waals surface area (Å²) in [5.41, 5.74) is 0.561. The van der Waals surface area contributed by atoms with Gasteiger partial charge in [-0.25, -0.2) is 9.45 Å². The Balaban J connectivity index is 1.79. The molecule has 0 bridgehead atoms. The average Bonchev–Trinajstić information content (AvgIpc) is 2.86. The van der Waals surface area contributed by atoms with Crippen LogP contribution in [0.25, 0.3) is 0 Å². The van der Waals surface area contributed by atoms with Crippen LogP contribution in [-0.2, 0) is 9.63 Å². The Morgan fingerprint density at radius 3 is 2.60 bits per heavy atom. The minimum atomic E-state index is -0.364. The van der Waals surface area contributed by atoms with Crippen LogP contribution in [0.3, 0.4) is 0 Å². The minimum Gasteiger partial charge on any atom is -0.304 e. The lowest BCUT2D eigenvalue weighted by Crippen LogP contribution is -2.60. The van der Waals surface area contributed by atoms with Gasteiger partial charge < -0.3 is 4.90 Å². The van der Waals surface area contributed by atoms with Crippen molar-refractivity contribution >= 4 is 5.91 Å². The lowest BCUT2D eigenvalue weighted by atomic mass is 9.81. The zero-order valence-corrected chi connectivity index (χ0v) is 11.8. The van der Waals surface area contributed by atoms with E-state index >= 15 is 0 Å². The van der Waals surface area contributed by atoms with Gasteiger partial charge >= 0.3 is 0 Å². The van der Waals surface area contributed by atoms with E-state index in [1.807, 2.05) is 14.0 Å². The van der Waals surface area contributed by atoms with Gasteiger partial charge in [0.1, 0.15) is 5.82 Å². The minimum absolute atomic E-state index is 0.0300. The summed E-state index contributed by atoms with van der Waals surface area (Å²) in [4.78, 5) is 20.3. The van der Waals surface area contributed by atoms with E-state index in [1.54, 1.807) is 12.1 Å². The summed E-state index contributed by atoms with van der Waals surface area (Å²) < 4.78 is 13.0. The highest BCUT2D eigenvalue weighted by Gasteiger charge is 2.48. The van der Waals surface area contributed by atoms with Gasteiger partial charge in [-0.15, -0.1) is 0 Å². The fourth-order valence-corrected chi connectivity index (χ4v) is 3.20. The number of hydrogen-bond donors (Lipinski definition) is 0. The first-order chi connectivity index (χ1) is 9.49. The Labute approximate surface area is 118 Å². The zero-order chi connectivity index (χ0) is 14.3. The summed E-state index contributed by atoms with van der Waals surface area (Å²) in [6, 6.07) is 6.20. The van der Waals surface area contributed by atoms with Crippen LogP contribution in [0.2, 0.25) is 0 Å². The van der Waals surface area contributed by atoms with Crippen molar-refractivity contribution in [3.63, 3.8) is 0 Å². The highest BCUT2D eigenvalue weighted by Crippen LogP contribution is 2.37. The van der Waals surface area contributed by atoms with Crippen molar-refractivity contribution in [3.05, 3.63) is 35.6 Å². The summed E-state index contributed by atoms with van der Waals surface area (Å²) in [6.07, 6.45) is 0.753. The summed E-state index contributed by atoms with van der Waals surface area (Å²) in [5, 5.41) is 1.50. The maximum atomic E-state index is 13.0. The molecular weight excluding hydrogens is 259 g/mol. The monoisotopic (exact) mass is 278 g/mol. The summed E-state index contributed by atoms with van der Waals surface area (Å²) >= 11 is 0. The quantitative estimate of drug-likeness (QED) is 0.829. The van der Waals surface area contributed by atoms with Gasteiger partial charge in [0, 0.05) is 19.5 Å². The number of benzene rings is 1. The molecule has 5 heteroatoms. The van der Waals surface area contributed by atoms with Gasteiger partial charge in [-0.3, -0.25) is 9.63 Å². The number of amides is 1. The summed E-state index contributed by atoms with van der Waals surface area (Å²) in [6.45, 7) is 4.00. The van der Waals surface area contributed by atoms with Crippen LogP contribution in [0, 0.1) is 11.2 Å². The summed E-state index contributed by atoms with van der Waals surface area (Å²) in [5.74, 6) is -0.236. The van der Waals surface area contributed by atoms with Crippen LogP contribution in [0.5, 0.6) is 0 Å². The molecule has 20 heavy (non-hydrogen) atoms. The third kappa shape index (κ3) is 2.21. The molecule has 2 heterocycles. The van der Waals surface area contributed by atoms with Crippen molar-refractivity contribution in [2.45, 2.75) is 19.4 Å². The van der Waals surface area contributed by atoms with E-state index in [-0.39, 0.29) is 23.2 Å². The topological polar surface area (TPSA) is 32.8 Å². The molecule has 0 N–H and O–H groups in total. The SMILES string of the molecule is CN1CC(C)(C(=O)N2OCC[C@H]2c2ccc(F)cc2)C1. The predicted molar refractivity (Wildman–Crippen MR) is 72.2 cm³/mol. The maximum Gasteiger partial charge on any atom is 0.255 e. The molecule has 2 aliphatic rings. The molecule has 2 aliphatic heterocycles. The third-order valence-corrected chi connectivity index (χ3v) is 4.11. The molecule has 0 radical (unpaired) electrons. The normalized spacial score (nSPS) is 25.6. The van der Waals surface area contributed by atoms with Crippen molar-refractivity contribution in [2.24, 2.45) is 5.41 Å². The standard InChI is InChI=1S/C15H19FN2O2/c1-15(9-17(2)10-15)14(19)18-13(7-8-20-18)11-3-5-12(16)6-4-11/h3-6,13H,7-10H2,1-2H3/t13-/m0/s1. The zero-order valence-electron chi connectivity index (χ0n) is 11.8. The van der Waals surface area contributed by atoms with Crippen LogP contribution in [0.1, 0.15) is 24.9 Å². The first-order valence-electron chi connectivity index (χ1n) is 6.90.